The van der Waals surface area contributed by atoms with E-state index in [2.05, 4.69) is 15.0 Å². The third-order valence-electron chi connectivity index (χ3n) is 6.85. The molecule has 2 bridgehead atoms. The van der Waals surface area contributed by atoms with Crippen molar-refractivity contribution in [1.29, 1.82) is 0 Å². The van der Waals surface area contributed by atoms with Crippen LogP contribution in [0.4, 0.5) is 14.6 Å². The van der Waals surface area contributed by atoms with Crippen LogP contribution < -0.4 is 17.0 Å². The lowest BCUT2D eigenvalue weighted by Crippen LogP contribution is -2.38. The topological polar surface area (TPSA) is 243 Å². The summed E-state index contributed by atoms with van der Waals surface area (Å²) in [5.41, 5.74) is 4.18. The van der Waals surface area contributed by atoms with Crippen molar-refractivity contribution < 1.29 is 54.9 Å². The van der Waals surface area contributed by atoms with Crippen LogP contribution in [0.5, 0.6) is 0 Å². The normalized spacial score (nSPS) is 38.7. The molecule has 0 aromatic carbocycles. The van der Waals surface area contributed by atoms with Crippen LogP contribution in [-0.2, 0) is 41.2 Å². The summed E-state index contributed by atoms with van der Waals surface area (Å²) in [6.07, 6.45) is -11.5. The van der Waals surface area contributed by atoms with Crippen LogP contribution in [0.15, 0.2) is 34.5 Å². The summed E-state index contributed by atoms with van der Waals surface area (Å²) in [5.74, 6) is -0.00354. The van der Waals surface area contributed by atoms with Gasteiger partial charge >= 0.3 is 21.3 Å². The van der Waals surface area contributed by atoms with Crippen molar-refractivity contribution in [2.24, 2.45) is 0 Å². The second kappa shape index (κ2) is 11.2. The van der Waals surface area contributed by atoms with Crippen molar-refractivity contribution in [3.05, 3.63) is 45.8 Å². The molecule has 3 aliphatic rings. The molecule has 43 heavy (non-hydrogen) atoms. The second-order valence-electron chi connectivity index (χ2n) is 9.45. The zero-order valence-corrected chi connectivity index (χ0v) is 23.5. The van der Waals surface area contributed by atoms with Crippen LogP contribution >= 0.6 is 15.6 Å². The Kier molecular flexibility index (Phi) is 7.82. The number of rotatable bonds is 3. The van der Waals surface area contributed by atoms with Gasteiger partial charge in [0.05, 0.1) is 19.5 Å². The van der Waals surface area contributed by atoms with E-state index < -0.39 is 89.3 Å². The summed E-state index contributed by atoms with van der Waals surface area (Å²) >= 11 is 0. The number of fused-ring (bicyclic) bond motifs is 4. The molecule has 4 N–H and O–H groups in total. The van der Waals surface area contributed by atoms with Gasteiger partial charge in [-0.1, -0.05) is 0 Å². The van der Waals surface area contributed by atoms with Crippen LogP contribution in [0.3, 0.4) is 0 Å². The average molecular weight is 653 g/mol. The summed E-state index contributed by atoms with van der Waals surface area (Å²) in [6.45, 7) is -1.81. The molecule has 234 valence electrons. The maximum Gasteiger partial charge on any atom is 0.475 e. The number of aromatic amines is 1. The molecular formula is C20H23F2N7O12P2. The molecule has 3 aromatic heterocycles. The first kappa shape index (κ1) is 30.1. The lowest BCUT2D eigenvalue weighted by molar-refractivity contribution is -0.0703. The number of phosphoric ester groups is 2. The summed E-state index contributed by atoms with van der Waals surface area (Å²) in [6, 6.07) is 0.935. The van der Waals surface area contributed by atoms with Gasteiger partial charge in [-0.3, -0.25) is 41.5 Å². The molecule has 6 rings (SSSR count). The summed E-state index contributed by atoms with van der Waals surface area (Å²) in [7, 11) is -9.01. The van der Waals surface area contributed by atoms with E-state index in [4.69, 9.17) is 37.8 Å². The van der Waals surface area contributed by atoms with Gasteiger partial charge in [-0.15, -0.1) is 0 Å². The highest BCUT2D eigenvalue weighted by molar-refractivity contribution is 7.48. The van der Waals surface area contributed by atoms with E-state index in [0.717, 1.165) is 41.2 Å². The van der Waals surface area contributed by atoms with Gasteiger partial charge in [0.1, 0.15) is 36.3 Å². The lowest BCUT2D eigenvalue weighted by Gasteiger charge is -2.26. The van der Waals surface area contributed by atoms with Gasteiger partial charge in [-0.2, -0.15) is 0 Å². The van der Waals surface area contributed by atoms with Crippen LogP contribution in [-0.4, -0.2) is 91.0 Å². The van der Waals surface area contributed by atoms with Crippen LogP contribution in [0.25, 0.3) is 11.2 Å². The Bertz CT molecular complexity index is 1740. The second-order valence-corrected chi connectivity index (χ2v) is 12.6. The Morgan fingerprint density at radius 1 is 1.02 bits per heavy atom. The van der Waals surface area contributed by atoms with Gasteiger partial charge in [-0.25, -0.2) is 37.7 Å². The number of anilines is 1. The average Bonchev–Trinajstić information content (AvgIpc) is 3.61. The molecule has 23 heteroatoms. The fourth-order valence-electron chi connectivity index (χ4n) is 4.82. The van der Waals surface area contributed by atoms with Gasteiger partial charge < -0.3 is 20.1 Å². The number of nitrogen functional groups attached to an aromatic ring is 1. The number of H-pyrrole nitrogens is 1. The summed E-state index contributed by atoms with van der Waals surface area (Å²) in [4.78, 5) is 48.2. The zero-order valence-electron chi connectivity index (χ0n) is 21.7. The molecule has 2 unspecified atom stereocenters. The minimum absolute atomic E-state index is 0.00354. The minimum atomic E-state index is -5.17. The van der Waals surface area contributed by atoms with Gasteiger partial charge in [0.15, 0.2) is 36.3 Å². The number of halogens is 2. The van der Waals surface area contributed by atoms with Crippen LogP contribution in [0.2, 0.25) is 0 Å². The molecule has 6 heterocycles. The molecule has 0 amide bonds. The maximum atomic E-state index is 15.9. The van der Waals surface area contributed by atoms with Crippen LogP contribution in [0, 0.1) is 0 Å². The summed E-state index contributed by atoms with van der Waals surface area (Å²) < 4.78 is 96.6. The Balaban J connectivity index is 1.33. The molecule has 19 nitrogen and oxygen atoms in total. The SMILES string of the molecule is COP1(=O)OC[C@H]2O[C@@H](n3cnc4c(N)ncnc43)[C@H](F)[C@@H]2OP(=O)(O)OC[C@H]2O[C@@H](n3ccc(=O)[nH]c3=O)[C@H](O1)[C@@H]2F. The smallest absolute Gasteiger partial charge is 0.382 e. The van der Waals surface area contributed by atoms with E-state index >= 15 is 8.78 Å². The first-order valence-electron chi connectivity index (χ1n) is 12.4. The van der Waals surface area contributed by atoms with Crippen molar-refractivity contribution in [3.8, 4) is 0 Å². The van der Waals surface area contributed by atoms with Gasteiger partial charge in [0.25, 0.3) is 5.56 Å². The fraction of sp³-hybridized carbons (Fsp3) is 0.550. The highest BCUT2D eigenvalue weighted by Crippen LogP contribution is 2.56. The predicted octanol–water partition coefficient (Wildman–Crippen LogP) is 0.102. The molecule has 0 radical (unpaired) electrons. The van der Waals surface area contributed by atoms with Crippen molar-refractivity contribution >= 4 is 32.6 Å². The monoisotopic (exact) mass is 653 g/mol. The highest BCUT2D eigenvalue weighted by Gasteiger charge is 2.55. The molecule has 3 saturated heterocycles. The first-order valence-corrected chi connectivity index (χ1v) is 15.3. The van der Waals surface area contributed by atoms with E-state index in [-0.39, 0.29) is 17.0 Å². The number of hydrogen-bond acceptors (Lipinski definition) is 15. The number of imidazole rings is 1. The maximum absolute atomic E-state index is 15.9. The Morgan fingerprint density at radius 3 is 2.51 bits per heavy atom. The number of nitrogens with two attached hydrogens (primary N) is 1. The van der Waals surface area contributed by atoms with E-state index in [9.17, 15) is 23.6 Å². The standard InChI is InChI=1S/C20H23F2N7O12P2/c1-35-43(34)37-5-9-14(12(22)18(39-9)29-7-26-13-16(23)24-6-25-17(13)29)40-42(32,33)36-4-8-11(21)15(41-43)19(38-8)28-3-2-10(30)27-20(28)31/h2-3,6-9,11-12,14-15,18-19H,4-5H2,1H3,(H,32,33)(H2,23,24,25)(H,27,30,31)/t8-,9-,11-,12-,14-,15-,18-,19-,43?/m1/s1. The van der Waals surface area contributed by atoms with Crippen LogP contribution in [0.1, 0.15) is 12.5 Å². The molecule has 3 aliphatic heterocycles. The number of nitrogens with one attached hydrogen (secondary N) is 1. The Labute approximate surface area is 238 Å². The number of alkyl halides is 2. The number of aromatic nitrogens is 6. The minimum Gasteiger partial charge on any atom is -0.382 e. The largest absolute Gasteiger partial charge is 0.475 e. The van der Waals surface area contributed by atoms with E-state index in [1.165, 1.54) is 0 Å². The quantitative estimate of drug-likeness (QED) is 0.317. The molecule has 3 aromatic rings. The molecule has 10 atom stereocenters. The number of phosphoric acid groups is 2. The molecule has 0 saturated carbocycles. The van der Waals surface area contributed by atoms with E-state index in [1.54, 1.807) is 0 Å². The van der Waals surface area contributed by atoms with Gasteiger partial charge in [0, 0.05) is 19.4 Å². The Morgan fingerprint density at radius 2 is 1.77 bits per heavy atom. The van der Waals surface area contributed by atoms with Crippen molar-refractivity contribution in [2.45, 2.75) is 49.2 Å². The lowest BCUT2D eigenvalue weighted by atomic mass is 10.1. The number of hydrogen-bond donors (Lipinski definition) is 3. The zero-order chi connectivity index (χ0) is 30.7. The number of ether oxygens (including phenoxy) is 2. The van der Waals surface area contributed by atoms with Gasteiger partial charge in [0.2, 0.25) is 0 Å². The van der Waals surface area contributed by atoms with Crippen molar-refractivity contribution in [2.75, 3.05) is 26.1 Å². The number of nitrogens with zero attached hydrogens (tertiary/aromatic N) is 5. The molecular weight excluding hydrogens is 630 g/mol. The fourth-order valence-corrected chi connectivity index (χ4v) is 6.88. The van der Waals surface area contributed by atoms with Crippen molar-refractivity contribution in [3.63, 3.8) is 0 Å². The first-order chi connectivity index (χ1) is 20.4. The highest BCUT2D eigenvalue weighted by atomic mass is 31.2. The van der Waals surface area contributed by atoms with E-state index in [0.29, 0.717) is 0 Å². The predicted molar refractivity (Wildman–Crippen MR) is 135 cm³/mol. The molecule has 0 aliphatic carbocycles. The Hall–Kier alpha value is -2.97. The summed E-state index contributed by atoms with van der Waals surface area (Å²) in [5, 5.41) is 0. The van der Waals surface area contributed by atoms with Crippen molar-refractivity contribution in [1.82, 2.24) is 29.1 Å². The van der Waals surface area contributed by atoms with Gasteiger partial charge in [-0.05, 0) is 0 Å². The van der Waals surface area contributed by atoms with E-state index in [1.807, 2.05) is 4.98 Å². The molecule has 3 fully saturated rings. The molecule has 0 spiro atoms. The third kappa shape index (κ3) is 5.57. The third-order valence-corrected chi connectivity index (χ3v) is 9.25.